The third-order valence-corrected chi connectivity index (χ3v) is 3.56. The van der Waals surface area contributed by atoms with E-state index in [0.29, 0.717) is 5.02 Å². The van der Waals surface area contributed by atoms with Gasteiger partial charge in [0.25, 0.3) is 0 Å². The summed E-state index contributed by atoms with van der Waals surface area (Å²) in [5.74, 6) is 0.280. The second-order valence-corrected chi connectivity index (χ2v) is 5.29. The number of para-hydroxylation sites is 1. The van der Waals surface area contributed by atoms with E-state index in [-0.39, 0.29) is 41.6 Å². The second kappa shape index (κ2) is 6.59. The molecule has 2 aromatic rings. The number of halogens is 1. The van der Waals surface area contributed by atoms with Crippen molar-refractivity contribution in [1.29, 1.82) is 0 Å². The van der Waals surface area contributed by atoms with E-state index in [2.05, 4.69) is 0 Å². The first-order valence-electron chi connectivity index (χ1n) is 4.83. The number of rotatable bonds is 3. The molecule has 0 bridgehead atoms. The largest absolute Gasteiger partial charge is 1.00 e. The Morgan fingerprint density at radius 3 is 2.06 bits per heavy atom. The second-order valence-electron chi connectivity index (χ2n) is 3.30. The molecule has 0 heterocycles. The summed E-state index contributed by atoms with van der Waals surface area (Å²) in [7, 11) is -3.79. The van der Waals surface area contributed by atoms with Crippen LogP contribution in [0, 0.1) is 0 Å². The van der Waals surface area contributed by atoms with Gasteiger partial charge >= 0.3 is 39.7 Å². The standard InChI is InChI=1S/C12H9ClO3S.Na.H/c13-10-6-8-12(9-7-10)17(14,15)16-11-4-2-1-3-5-11;;/h1-9H;;/q;+1;-1. The fraction of sp³-hybridized carbons (Fsp3) is 0. The van der Waals surface area contributed by atoms with Gasteiger partial charge < -0.3 is 5.61 Å². The maximum atomic E-state index is 11.8. The van der Waals surface area contributed by atoms with Crippen molar-refractivity contribution in [3.8, 4) is 5.75 Å². The smallest absolute Gasteiger partial charge is 1.00 e. The van der Waals surface area contributed by atoms with Crippen LogP contribution in [-0.4, -0.2) is 8.42 Å². The first-order chi connectivity index (χ1) is 8.08. The average molecular weight is 293 g/mol. The topological polar surface area (TPSA) is 43.4 Å². The van der Waals surface area contributed by atoms with E-state index in [1.807, 2.05) is 0 Å². The Labute approximate surface area is 135 Å². The molecule has 0 aromatic heterocycles. The Balaban J connectivity index is 0.00000162. The van der Waals surface area contributed by atoms with Gasteiger partial charge in [-0.15, -0.1) is 0 Å². The normalized spacial score (nSPS) is 10.5. The van der Waals surface area contributed by atoms with E-state index in [9.17, 15) is 8.42 Å². The van der Waals surface area contributed by atoms with Gasteiger partial charge in [0.2, 0.25) is 0 Å². The molecule has 0 aliphatic heterocycles. The van der Waals surface area contributed by atoms with Crippen molar-refractivity contribution in [2.45, 2.75) is 4.90 Å². The van der Waals surface area contributed by atoms with Crippen molar-refractivity contribution < 1.29 is 43.6 Å². The van der Waals surface area contributed by atoms with Crippen LogP contribution in [0.2, 0.25) is 5.02 Å². The maximum Gasteiger partial charge on any atom is 1.00 e. The zero-order valence-corrected chi connectivity index (χ0v) is 13.3. The van der Waals surface area contributed by atoms with Gasteiger partial charge in [-0.3, -0.25) is 0 Å². The Bertz CT molecular complexity index is 603. The minimum absolute atomic E-state index is 0. The first-order valence-corrected chi connectivity index (χ1v) is 6.62. The minimum atomic E-state index is -3.79. The molecule has 0 fully saturated rings. The van der Waals surface area contributed by atoms with Crippen LogP contribution >= 0.6 is 11.6 Å². The quantitative estimate of drug-likeness (QED) is 0.601. The summed E-state index contributed by atoms with van der Waals surface area (Å²) in [6.45, 7) is 0. The molecular weight excluding hydrogens is 283 g/mol. The summed E-state index contributed by atoms with van der Waals surface area (Å²) in [5.41, 5.74) is 0. The van der Waals surface area contributed by atoms with Crippen molar-refractivity contribution in [3.05, 3.63) is 59.6 Å². The summed E-state index contributed by atoms with van der Waals surface area (Å²) < 4.78 is 28.7. The Hall–Kier alpha value is -0.520. The third-order valence-electron chi connectivity index (χ3n) is 2.05. The molecule has 90 valence electrons. The predicted octanol–water partition coefficient (Wildman–Crippen LogP) is 0.224. The van der Waals surface area contributed by atoms with Crippen LogP contribution in [0.3, 0.4) is 0 Å². The van der Waals surface area contributed by atoms with E-state index in [1.165, 1.54) is 24.3 Å². The molecule has 0 aliphatic carbocycles. The molecule has 0 atom stereocenters. The van der Waals surface area contributed by atoms with E-state index < -0.39 is 10.1 Å². The maximum absolute atomic E-state index is 11.8. The van der Waals surface area contributed by atoms with Crippen molar-refractivity contribution in [2.24, 2.45) is 0 Å². The fourth-order valence-electron chi connectivity index (χ4n) is 1.25. The fourth-order valence-corrected chi connectivity index (χ4v) is 2.31. The summed E-state index contributed by atoms with van der Waals surface area (Å²) in [5, 5.41) is 0.476. The van der Waals surface area contributed by atoms with Crippen LogP contribution < -0.4 is 33.7 Å². The van der Waals surface area contributed by atoms with Crippen LogP contribution in [0.1, 0.15) is 1.43 Å². The van der Waals surface area contributed by atoms with Gasteiger partial charge in [0.15, 0.2) is 0 Å². The molecule has 18 heavy (non-hydrogen) atoms. The molecule has 0 saturated carbocycles. The Morgan fingerprint density at radius 2 is 1.50 bits per heavy atom. The van der Waals surface area contributed by atoms with Crippen molar-refractivity contribution >= 4 is 21.7 Å². The van der Waals surface area contributed by atoms with Crippen molar-refractivity contribution in [3.63, 3.8) is 0 Å². The van der Waals surface area contributed by atoms with Crippen molar-refractivity contribution in [1.82, 2.24) is 0 Å². The zero-order chi connectivity index (χ0) is 12.3. The summed E-state index contributed by atoms with van der Waals surface area (Å²) >= 11 is 5.69. The van der Waals surface area contributed by atoms with E-state index in [1.54, 1.807) is 30.3 Å². The van der Waals surface area contributed by atoms with E-state index >= 15 is 0 Å². The van der Waals surface area contributed by atoms with Gasteiger partial charge in [-0.2, -0.15) is 8.42 Å². The van der Waals surface area contributed by atoms with Gasteiger partial charge in [-0.05, 0) is 36.4 Å². The summed E-state index contributed by atoms with van der Waals surface area (Å²) in [6, 6.07) is 14.1. The predicted molar refractivity (Wildman–Crippen MR) is 66.8 cm³/mol. The van der Waals surface area contributed by atoms with Crippen LogP contribution in [0.4, 0.5) is 0 Å². The van der Waals surface area contributed by atoms with Gasteiger partial charge in [0, 0.05) is 5.02 Å². The van der Waals surface area contributed by atoms with Crippen LogP contribution in [0.5, 0.6) is 5.75 Å². The molecule has 2 rings (SSSR count). The van der Waals surface area contributed by atoms with Gasteiger partial charge in [0.1, 0.15) is 10.6 Å². The Kier molecular flexibility index (Phi) is 5.69. The summed E-state index contributed by atoms with van der Waals surface area (Å²) in [6.07, 6.45) is 0. The SMILES string of the molecule is O=S(=O)(Oc1ccccc1)c1ccc(Cl)cc1.[H-].[Na+]. The number of hydrogen-bond acceptors (Lipinski definition) is 3. The third kappa shape index (κ3) is 4.00. The molecule has 0 spiro atoms. The molecule has 2 aromatic carbocycles. The molecule has 0 unspecified atom stereocenters. The average Bonchev–Trinajstić information content (AvgIpc) is 2.30. The van der Waals surface area contributed by atoms with E-state index in [0.717, 1.165) is 0 Å². The molecule has 3 nitrogen and oxygen atoms in total. The first kappa shape index (κ1) is 15.5. The van der Waals surface area contributed by atoms with Crippen LogP contribution in [0.15, 0.2) is 59.5 Å². The van der Waals surface area contributed by atoms with Crippen LogP contribution in [0.25, 0.3) is 0 Å². The molecule has 0 amide bonds. The van der Waals surface area contributed by atoms with Crippen LogP contribution in [-0.2, 0) is 10.1 Å². The monoisotopic (exact) mass is 292 g/mol. The molecule has 0 aliphatic rings. The summed E-state index contributed by atoms with van der Waals surface area (Å²) in [4.78, 5) is 0.0748. The van der Waals surface area contributed by atoms with Gasteiger partial charge in [-0.25, -0.2) is 0 Å². The Morgan fingerprint density at radius 1 is 0.944 bits per heavy atom. The zero-order valence-electron chi connectivity index (χ0n) is 10.7. The van der Waals surface area contributed by atoms with Gasteiger partial charge in [0.05, 0.1) is 0 Å². The van der Waals surface area contributed by atoms with Crippen molar-refractivity contribution in [2.75, 3.05) is 0 Å². The number of benzene rings is 2. The molecular formula is C12H10ClNaO3S. The molecule has 0 radical (unpaired) electrons. The minimum Gasteiger partial charge on any atom is -1.00 e. The molecule has 0 saturated heterocycles. The van der Waals surface area contributed by atoms with Gasteiger partial charge in [-0.1, -0.05) is 29.8 Å². The van der Waals surface area contributed by atoms with E-state index in [4.69, 9.17) is 15.8 Å². The number of hydrogen-bond donors (Lipinski definition) is 0. The molecule has 0 N–H and O–H groups in total. The molecule has 6 heteroatoms.